The van der Waals surface area contributed by atoms with Gasteiger partial charge in [-0.25, -0.2) is 8.42 Å². The Bertz CT molecular complexity index is 374. The second kappa shape index (κ2) is 21.2. The van der Waals surface area contributed by atoms with Crippen LogP contribution in [0.3, 0.4) is 0 Å². The number of hydrogen-bond acceptors (Lipinski definition) is 4. The zero-order valence-corrected chi connectivity index (χ0v) is 21.3. The van der Waals surface area contributed by atoms with E-state index in [1.54, 1.807) is 0 Å². The molecule has 1 unspecified atom stereocenters. The van der Waals surface area contributed by atoms with Crippen LogP contribution in [0.2, 0.25) is 0 Å². The minimum Gasteiger partial charge on any atom is -0.748 e. The van der Waals surface area contributed by atoms with Gasteiger partial charge >= 0.3 is 51.4 Å². The van der Waals surface area contributed by atoms with Crippen molar-refractivity contribution in [1.29, 1.82) is 0 Å². The molecular formula is C20H41KO4S. The molecule has 26 heavy (non-hydrogen) atoms. The number of hydrogen-bond donors (Lipinski definition) is 1. The molecule has 0 aliphatic heterocycles. The standard InChI is InChI=1S/C20H42O4S.K/c1-2-3-4-5-11-14-17-20(21)18-15-12-9-7-6-8-10-13-16-19-25(22,23)24;/h20-21H,2-19H2,1H3,(H,22,23,24);/q;+1/p-1. The van der Waals surface area contributed by atoms with E-state index in [4.69, 9.17) is 0 Å². The Morgan fingerprint density at radius 2 is 1.04 bits per heavy atom. The van der Waals surface area contributed by atoms with E-state index >= 15 is 0 Å². The van der Waals surface area contributed by atoms with Crippen LogP contribution >= 0.6 is 0 Å². The van der Waals surface area contributed by atoms with Crippen molar-refractivity contribution < 1.29 is 69.5 Å². The van der Waals surface area contributed by atoms with E-state index < -0.39 is 10.1 Å². The average molecular weight is 417 g/mol. The van der Waals surface area contributed by atoms with Crippen molar-refractivity contribution in [2.45, 2.75) is 122 Å². The van der Waals surface area contributed by atoms with Crippen LogP contribution in [0.5, 0.6) is 0 Å². The molecule has 0 amide bonds. The summed E-state index contributed by atoms with van der Waals surface area (Å²) in [6.45, 7) is 2.23. The van der Waals surface area contributed by atoms with Crippen LogP contribution < -0.4 is 51.4 Å². The summed E-state index contributed by atoms with van der Waals surface area (Å²) in [4.78, 5) is 0. The topological polar surface area (TPSA) is 77.4 Å². The van der Waals surface area contributed by atoms with E-state index in [1.165, 1.54) is 64.2 Å². The fourth-order valence-corrected chi connectivity index (χ4v) is 3.76. The Morgan fingerprint density at radius 3 is 1.42 bits per heavy atom. The van der Waals surface area contributed by atoms with Gasteiger partial charge in [-0.15, -0.1) is 0 Å². The van der Waals surface area contributed by atoms with Crippen LogP contribution in [0.25, 0.3) is 0 Å². The maximum absolute atomic E-state index is 10.5. The van der Waals surface area contributed by atoms with Crippen molar-refractivity contribution in [3.8, 4) is 0 Å². The van der Waals surface area contributed by atoms with Gasteiger partial charge in [-0.2, -0.15) is 0 Å². The molecular weight excluding hydrogens is 375 g/mol. The van der Waals surface area contributed by atoms with Gasteiger partial charge in [0.1, 0.15) is 0 Å². The number of unbranched alkanes of at least 4 members (excludes halogenated alkanes) is 13. The summed E-state index contributed by atoms with van der Waals surface area (Å²) in [6.07, 6.45) is 18.9. The Balaban J connectivity index is 0. The summed E-state index contributed by atoms with van der Waals surface area (Å²) in [5, 5.41) is 9.97. The average Bonchev–Trinajstić information content (AvgIpc) is 2.54. The molecule has 4 nitrogen and oxygen atoms in total. The van der Waals surface area contributed by atoms with Crippen LogP contribution in [-0.4, -0.2) is 29.9 Å². The number of aliphatic hydroxyl groups is 1. The third-order valence-electron chi connectivity index (χ3n) is 4.82. The second-order valence-corrected chi connectivity index (χ2v) is 8.97. The zero-order valence-electron chi connectivity index (χ0n) is 17.4. The first-order valence-corrected chi connectivity index (χ1v) is 12.1. The molecule has 6 heteroatoms. The van der Waals surface area contributed by atoms with Crippen LogP contribution in [0.1, 0.15) is 116 Å². The van der Waals surface area contributed by atoms with Crippen molar-refractivity contribution in [2.75, 3.05) is 5.75 Å². The minimum absolute atomic E-state index is 0. The molecule has 0 spiro atoms. The fourth-order valence-electron chi connectivity index (χ4n) is 3.20. The van der Waals surface area contributed by atoms with E-state index in [9.17, 15) is 18.1 Å². The first-order chi connectivity index (χ1) is 12.0. The van der Waals surface area contributed by atoms with Gasteiger partial charge in [-0.05, 0) is 19.3 Å². The van der Waals surface area contributed by atoms with E-state index in [-0.39, 0.29) is 63.2 Å². The van der Waals surface area contributed by atoms with Crippen molar-refractivity contribution >= 4 is 10.1 Å². The molecule has 1 N–H and O–H groups in total. The molecule has 0 radical (unpaired) electrons. The summed E-state index contributed by atoms with van der Waals surface area (Å²) >= 11 is 0. The van der Waals surface area contributed by atoms with Crippen LogP contribution in [0.15, 0.2) is 0 Å². The Hall–Kier alpha value is 1.51. The number of rotatable bonds is 19. The van der Waals surface area contributed by atoms with Gasteiger partial charge in [0.05, 0.1) is 16.2 Å². The van der Waals surface area contributed by atoms with Crippen LogP contribution in [-0.2, 0) is 10.1 Å². The Kier molecular flexibility index (Phi) is 24.2. The van der Waals surface area contributed by atoms with E-state index in [1.807, 2.05) is 0 Å². The fraction of sp³-hybridized carbons (Fsp3) is 1.00. The van der Waals surface area contributed by atoms with E-state index in [0.717, 1.165) is 38.5 Å². The molecule has 0 aliphatic rings. The smallest absolute Gasteiger partial charge is 0.748 e. The van der Waals surface area contributed by atoms with Crippen molar-refractivity contribution in [1.82, 2.24) is 0 Å². The molecule has 0 heterocycles. The SMILES string of the molecule is CCCCCCCCC(O)CCCCCCCCCCCS(=O)(=O)[O-].[K+]. The maximum Gasteiger partial charge on any atom is 1.00 e. The van der Waals surface area contributed by atoms with Gasteiger partial charge in [0.15, 0.2) is 0 Å². The zero-order chi connectivity index (χ0) is 18.8. The second-order valence-electron chi connectivity index (χ2n) is 7.44. The molecule has 152 valence electrons. The summed E-state index contributed by atoms with van der Waals surface area (Å²) in [6, 6.07) is 0. The van der Waals surface area contributed by atoms with Gasteiger partial charge in [-0.3, -0.25) is 0 Å². The van der Waals surface area contributed by atoms with Crippen molar-refractivity contribution in [3.05, 3.63) is 0 Å². The predicted molar refractivity (Wildman–Crippen MR) is 105 cm³/mol. The molecule has 0 saturated heterocycles. The first kappa shape index (κ1) is 29.7. The molecule has 0 rings (SSSR count). The maximum atomic E-state index is 10.5. The molecule has 0 aromatic carbocycles. The van der Waals surface area contributed by atoms with Gasteiger partial charge in [0.25, 0.3) is 0 Å². The van der Waals surface area contributed by atoms with Crippen molar-refractivity contribution in [2.24, 2.45) is 0 Å². The number of aliphatic hydroxyl groups excluding tert-OH is 1. The Morgan fingerprint density at radius 1 is 0.692 bits per heavy atom. The Labute approximate surface area is 205 Å². The monoisotopic (exact) mass is 416 g/mol. The predicted octanol–water partition coefficient (Wildman–Crippen LogP) is 2.55. The quantitative estimate of drug-likeness (QED) is 0.199. The van der Waals surface area contributed by atoms with E-state index in [2.05, 4.69) is 6.92 Å². The van der Waals surface area contributed by atoms with Gasteiger partial charge in [0, 0.05) is 5.75 Å². The van der Waals surface area contributed by atoms with Crippen LogP contribution in [0.4, 0.5) is 0 Å². The first-order valence-electron chi connectivity index (χ1n) is 10.6. The summed E-state index contributed by atoms with van der Waals surface area (Å²) in [5.41, 5.74) is 0. The molecule has 0 bridgehead atoms. The van der Waals surface area contributed by atoms with Crippen molar-refractivity contribution in [3.63, 3.8) is 0 Å². The summed E-state index contributed by atoms with van der Waals surface area (Å²) in [5.74, 6) is -0.214. The van der Waals surface area contributed by atoms with E-state index in [0.29, 0.717) is 6.42 Å². The largest absolute Gasteiger partial charge is 1.00 e. The summed E-state index contributed by atoms with van der Waals surface area (Å²) < 4.78 is 31.4. The molecule has 1 atom stereocenters. The molecule has 0 aliphatic carbocycles. The van der Waals surface area contributed by atoms with Crippen LogP contribution in [0, 0.1) is 0 Å². The van der Waals surface area contributed by atoms with Gasteiger partial charge in [0.2, 0.25) is 0 Å². The third-order valence-corrected chi connectivity index (χ3v) is 5.61. The molecule has 0 fully saturated rings. The molecule has 0 aromatic rings. The molecule has 0 saturated carbocycles. The normalized spacial score (nSPS) is 12.7. The van der Waals surface area contributed by atoms with Gasteiger partial charge in [-0.1, -0.05) is 96.8 Å². The van der Waals surface area contributed by atoms with Gasteiger partial charge < -0.3 is 9.66 Å². The molecule has 0 aromatic heterocycles. The third kappa shape index (κ3) is 25.5. The minimum atomic E-state index is -4.02. The summed E-state index contributed by atoms with van der Waals surface area (Å²) in [7, 11) is -4.02.